The molecule has 4 N–H and O–H groups in total. The quantitative estimate of drug-likeness (QED) is 0.0922. The number of hydrogen-bond acceptors (Lipinski definition) is 10. The minimum Gasteiger partial charge on any atom is -0.442 e. The number of benzene rings is 1. The zero-order chi connectivity index (χ0) is 24.4. The van der Waals surface area contributed by atoms with Gasteiger partial charge < -0.3 is 4.74 Å². The monoisotopic (exact) mass is 474 g/mol. The van der Waals surface area contributed by atoms with Crippen LogP contribution in [0.1, 0.15) is 26.3 Å². The molecule has 1 aromatic carbocycles. The third kappa shape index (κ3) is 5.57. The number of hydroxylamine groups is 2. The first-order valence-corrected chi connectivity index (χ1v) is 10.4. The maximum Gasteiger partial charge on any atom is 0.431 e. The van der Waals surface area contributed by atoms with Crippen molar-refractivity contribution in [2.75, 3.05) is 0 Å². The fourth-order valence-corrected chi connectivity index (χ4v) is 3.48. The second-order valence-electron chi connectivity index (χ2n) is 7.59. The fraction of sp³-hybridized carbons (Fsp3) is 0.412. The van der Waals surface area contributed by atoms with E-state index >= 15 is 0 Å². The van der Waals surface area contributed by atoms with Crippen molar-refractivity contribution >= 4 is 34.1 Å². The summed E-state index contributed by atoms with van der Waals surface area (Å²) >= 11 is 0. The van der Waals surface area contributed by atoms with Crippen LogP contribution in [0.25, 0.3) is 0 Å². The summed E-state index contributed by atoms with van der Waals surface area (Å²) in [6, 6.07) is 5.96. The van der Waals surface area contributed by atoms with Crippen LogP contribution in [-0.4, -0.2) is 68.2 Å². The number of carbonyl (C=O) groups is 4. The first kappa shape index (κ1) is 25.2. The molecule has 1 heterocycles. The molecule has 1 saturated heterocycles. The van der Waals surface area contributed by atoms with Gasteiger partial charge in [-0.25, -0.2) is 19.8 Å². The second-order valence-corrected chi connectivity index (χ2v) is 8.88. The molecular formula is C17H22N4O10S. The molecule has 4 amide bonds. The lowest BCUT2D eigenvalue weighted by Gasteiger charge is -2.42. The van der Waals surface area contributed by atoms with Crippen molar-refractivity contribution in [3.05, 3.63) is 35.9 Å². The molecule has 0 aliphatic carbocycles. The van der Waals surface area contributed by atoms with E-state index in [1.54, 1.807) is 30.3 Å². The normalized spacial score (nSPS) is 18.6. The molecule has 1 aliphatic rings. The molecule has 1 aliphatic heterocycles. The van der Waals surface area contributed by atoms with Crippen LogP contribution < -0.4 is 5.84 Å². The van der Waals surface area contributed by atoms with E-state index in [1.807, 2.05) is 0 Å². The Kier molecular flexibility index (Phi) is 7.21. The topological polar surface area (TPSA) is 197 Å². The zero-order valence-corrected chi connectivity index (χ0v) is 18.1. The molecule has 1 fully saturated rings. The number of β-lactam (4-membered cyclic amide) rings is 1. The van der Waals surface area contributed by atoms with Gasteiger partial charge in [-0.2, -0.15) is 13.4 Å². The van der Waals surface area contributed by atoms with Crippen LogP contribution in [-0.2, 0) is 40.9 Å². The number of hydrazine groups is 1. The predicted octanol–water partition coefficient (Wildman–Crippen LogP) is -0.397. The number of amides is 4. The van der Waals surface area contributed by atoms with Crippen molar-refractivity contribution in [2.24, 2.45) is 11.8 Å². The summed E-state index contributed by atoms with van der Waals surface area (Å²) in [4.78, 5) is 54.1. The van der Waals surface area contributed by atoms with Crippen LogP contribution in [0, 0.1) is 5.92 Å². The van der Waals surface area contributed by atoms with E-state index in [1.165, 1.54) is 20.8 Å². The number of ether oxygens (including phenoxy) is 1. The van der Waals surface area contributed by atoms with E-state index in [2.05, 4.69) is 0 Å². The first-order chi connectivity index (χ1) is 14.6. The number of carbonyl (C=O) groups excluding carboxylic acids is 4. The summed E-state index contributed by atoms with van der Waals surface area (Å²) in [6.45, 7) is 4.06. The lowest BCUT2D eigenvalue weighted by molar-refractivity contribution is -0.325. The SMILES string of the molecule is CC(C)(C)OC(=O)N(N)C(=O)[C@H]1[C@@H](C(=O)N(O)OCc2ccccc2)C(=O)N1S(=O)(=O)O. The first-order valence-electron chi connectivity index (χ1n) is 8.97. The fourth-order valence-electron chi connectivity index (χ4n) is 2.64. The molecule has 2 atom stereocenters. The van der Waals surface area contributed by atoms with Crippen molar-refractivity contribution in [3.63, 3.8) is 0 Å². The Morgan fingerprint density at radius 2 is 1.72 bits per heavy atom. The van der Waals surface area contributed by atoms with Crippen LogP contribution in [0.15, 0.2) is 30.3 Å². The van der Waals surface area contributed by atoms with E-state index in [-0.39, 0.29) is 21.1 Å². The average molecular weight is 474 g/mol. The number of nitrogens with zero attached hydrogens (tertiary/aromatic N) is 3. The maximum atomic E-state index is 12.6. The second kappa shape index (κ2) is 9.17. The van der Waals surface area contributed by atoms with Gasteiger partial charge in [-0.1, -0.05) is 35.6 Å². The average Bonchev–Trinajstić information content (AvgIpc) is 2.67. The summed E-state index contributed by atoms with van der Waals surface area (Å²) in [5.74, 6) is -1.41. The van der Waals surface area contributed by atoms with Crippen LogP contribution in [0.2, 0.25) is 0 Å². The van der Waals surface area contributed by atoms with Crippen molar-refractivity contribution in [3.8, 4) is 0 Å². The van der Waals surface area contributed by atoms with Crippen LogP contribution in [0.3, 0.4) is 0 Å². The molecule has 32 heavy (non-hydrogen) atoms. The van der Waals surface area contributed by atoms with Gasteiger partial charge in [0.2, 0.25) is 0 Å². The van der Waals surface area contributed by atoms with Gasteiger partial charge in [-0.15, -0.1) is 0 Å². The minimum atomic E-state index is -5.32. The molecule has 176 valence electrons. The van der Waals surface area contributed by atoms with Gasteiger partial charge in [-0.3, -0.25) is 24.1 Å². The van der Waals surface area contributed by atoms with Gasteiger partial charge in [0.15, 0.2) is 12.0 Å². The van der Waals surface area contributed by atoms with E-state index in [9.17, 15) is 37.4 Å². The Morgan fingerprint density at radius 1 is 1.16 bits per heavy atom. The van der Waals surface area contributed by atoms with E-state index in [4.69, 9.17) is 15.4 Å². The summed E-state index contributed by atoms with van der Waals surface area (Å²) in [7, 11) is -5.32. The minimum absolute atomic E-state index is 0.145. The summed E-state index contributed by atoms with van der Waals surface area (Å²) in [5.41, 5.74) is -0.556. The van der Waals surface area contributed by atoms with Gasteiger partial charge in [0, 0.05) is 0 Å². The van der Waals surface area contributed by atoms with Gasteiger partial charge in [-0.05, 0) is 26.3 Å². The highest BCUT2D eigenvalue weighted by atomic mass is 32.2. The van der Waals surface area contributed by atoms with Crippen LogP contribution in [0.5, 0.6) is 0 Å². The van der Waals surface area contributed by atoms with Crippen molar-refractivity contribution in [1.29, 1.82) is 0 Å². The Morgan fingerprint density at radius 3 is 2.22 bits per heavy atom. The Balaban J connectivity index is 2.22. The van der Waals surface area contributed by atoms with Gasteiger partial charge in [0.25, 0.3) is 17.7 Å². The standard InChI is InChI=1S/C17H22N4O10S/c1-17(2,3)31-16(25)19(18)15(24)12-11(13(22)20(12)32(27,28)29)14(23)21(26)30-9-10-7-5-4-6-8-10/h4-8,11-12,26H,9,18H2,1-3H3,(H,27,28,29)/t11-,12-/m1/s1. The number of rotatable bonds is 6. The van der Waals surface area contributed by atoms with Crippen LogP contribution in [0.4, 0.5) is 4.79 Å². The molecule has 0 bridgehead atoms. The van der Waals surface area contributed by atoms with Gasteiger partial charge in [0.05, 0.1) is 0 Å². The highest BCUT2D eigenvalue weighted by Gasteiger charge is 2.62. The molecule has 14 nitrogen and oxygen atoms in total. The zero-order valence-electron chi connectivity index (χ0n) is 17.2. The molecule has 0 radical (unpaired) electrons. The Hall–Kier alpha value is -3.11. The van der Waals surface area contributed by atoms with E-state index in [0.717, 1.165) is 0 Å². The maximum absolute atomic E-state index is 12.6. The molecule has 1 aromatic rings. The molecule has 0 saturated carbocycles. The third-order valence-electron chi connectivity index (χ3n) is 4.03. The van der Waals surface area contributed by atoms with Gasteiger partial charge >= 0.3 is 16.4 Å². The van der Waals surface area contributed by atoms with Crippen molar-refractivity contribution in [1.82, 2.24) is 14.5 Å². The smallest absolute Gasteiger partial charge is 0.431 e. The van der Waals surface area contributed by atoms with E-state index < -0.39 is 51.7 Å². The highest BCUT2D eigenvalue weighted by Crippen LogP contribution is 2.32. The van der Waals surface area contributed by atoms with Crippen molar-refractivity contribution < 1.29 is 46.9 Å². The highest BCUT2D eigenvalue weighted by molar-refractivity contribution is 7.84. The number of nitrogens with two attached hydrogens (primary N) is 1. The van der Waals surface area contributed by atoms with Gasteiger partial charge in [0.1, 0.15) is 12.2 Å². The Labute approximate surface area is 182 Å². The molecule has 15 heteroatoms. The summed E-state index contributed by atoms with van der Waals surface area (Å²) < 4.78 is 36.8. The lowest BCUT2D eigenvalue weighted by atomic mass is 9.88. The predicted molar refractivity (Wildman–Crippen MR) is 103 cm³/mol. The van der Waals surface area contributed by atoms with E-state index in [0.29, 0.717) is 5.56 Å². The lowest BCUT2D eigenvalue weighted by Crippen LogP contribution is -2.72. The van der Waals surface area contributed by atoms with Crippen molar-refractivity contribution in [2.45, 2.75) is 39.0 Å². The van der Waals surface area contributed by atoms with Crippen LogP contribution >= 0.6 is 0 Å². The number of hydrogen-bond donors (Lipinski definition) is 3. The largest absolute Gasteiger partial charge is 0.442 e. The molecule has 2 rings (SSSR count). The summed E-state index contributed by atoms with van der Waals surface area (Å²) in [5, 5.41) is 9.37. The Bertz CT molecular complexity index is 1010. The molecule has 0 spiro atoms. The summed E-state index contributed by atoms with van der Waals surface area (Å²) in [6.07, 6.45) is -1.41. The molecule has 0 unspecified atom stereocenters. The third-order valence-corrected chi connectivity index (χ3v) is 4.94. The molecule has 0 aromatic heterocycles. The molecular weight excluding hydrogens is 452 g/mol. The number of imide groups is 1.